The molecule has 0 fully saturated rings. The van der Waals surface area contributed by atoms with Crippen molar-refractivity contribution in [3.8, 4) is 0 Å². The topological polar surface area (TPSA) is 75.4 Å². The molecule has 2 rings (SSSR count). The molecule has 128 valence electrons. The van der Waals surface area contributed by atoms with Crippen LogP contribution in [0.5, 0.6) is 0 Å². The molecule has 6 nitrogen and oxygen atoms in total. The summed E-state index contributed by atoms with van der Waals surface area (Å²) in [5.74, 6) is -0.513. The van der Waals surface area contributed by atoms with E-state index in [2.05, 4.69) is 10.5 Å². The number of carbonyl (C=O) groups is 2. The van der Waals surface area contributed by atoms with Gasteiger partial charge in [0.05, 0.1) is 5.56 Å². The summed E-state index contributed by atoms with van der Waals surface area (Å²) in [4.78, 5) is 24.7. The van der Waals surface area contributed by atoms with Crippen LogP contribution in [0.15, 0.2) is 34.9 Å². The van der Waals surface area contributed by atoms with Crippen LogP contribution in [0, 0.1) is 6.92 Å². The Balaban J connectivity index is 2.10. The number of carbonyl (C=O) groups excluding carboxylic acids is 2. The molecule has 0 saturated heterocycles. The summed E-state index contributed by atoms with van der Waals surface area (Å²) in [5, 5.41) is 5.97. The minimum Gasteiger partial charge on any atom is -0.360 e. The van der Waals surface area contributed by atoms with Crippen LogP contribution < -0.4 is 10.2 Å². The fourth-order valence-electron chi connectivity index (χ4n) is 1.95. The van der Waals surface area contributed by atoms with Crippen molar-refractivity contribution < 1.29 is 27.3 Å². The van der Waals surface area contributed by atoms with Gasteiger partial charge in [0.15, 0.2) is 5.82 Å². The van der Waals surface area contributed by atoms with E-state index in [1.807, 2.05) is 0 Å². The van der Waals surface area contributed by atoms with Gasteiger partial charge in [-0.1, -0.05) is 11.2 Å². The quantitative estimate of drug-likeness (QED) is 0.928. The highest BCUT2D eigenvalue weighted by Gasteiger charge is 2.30. The van der Waals surface area contributed by atoms with Crippen LogP contribution in [0.1, 0.15) is 18.2 Å². The van der Waals surface area contributed by atoms with Crippen LogP contribution in [-0.4, -0.2) is 23.5 Å². The number of rotatable bonds is 4. The highest BCUT2D eigenvalue weighted by Crippen LogP contribution is 2.30. The molecule has 1 heterocycles. The monoisotopic (exact) mass is 341 g/mol. The number of nitrogens with zero attached hydrogens (tertiary/aromatic N) is 2. The van der Waals surface area contributed by atoms with Crippen molar-refractivity contribution in [1.82, 2.24) is 5.16 Å². The van der Waals surface area contributed by atoms with Gasteiger partial charge in [0.1, 0.15) is 12.3 Å². The van der Waals surface area contributed by atoms with Gasteiger partial charge in [-0.3, -0.25) is 14.5 Å². The molecule has 9 heteroatoms. The molecule has 0 aliphatic heterocycles. The second-order valence-corrected chi connectivity index (χ2v) is 5.03. The van der Waals surface area contributed by atoms with Crippen LogP contribution in [0.3, 0.4) is 0 Å². The number of anilines is 2. The lowest BCUT2D eigenvalue weighted by atomic mass is 10.2. The Morgan fingerprint density at radius 1 is 1.29 bits per heavy atom. The van der Waals surface area contributed by atoms with Crippen LogP contribution in [-0.2, 0) is 15.8 Å². The molecule has 1 N–H and O–H groups in total. The first kappa shape index (κ1) is 17.5. The van der Waals surface area contributed by atoms with E-state index >= 15 is 0 Å². The molecule has 0 bridgehead atoms. The second-order valence-electron chi connectivity index (χ2n) is 5.03. The Morgan fingerprint density at radius 2 is 2.00 bits per heavy atom. The molecule has 0 saturated carbocycles. The van der Waals surface area contributed by atoms with Crippen molar-refractivity contribution in [2.45, 2.75) is 20.0 Å². The second kappa shape index (κ2) is 6.73. The predicted molar refractivity (Wildman–Crippen MR) is 79.3 cm³/mol. The van der Waals surface area contributed by atoms with E-state index in [1.54, 1.807) is 6.92 Å². The van der Waals surface area contributed by atoms with Crippen LogP contribution in [0.25, 0.3) is 0 Å². The maximum Gasteiger partial charge on any atom is 0.416 e. The van der Waals surface area contributed by atoms with Crippen LogP contribution in [0.4, 0.5) is 24.7 Å². The smallest absolute Gasteiger partial charge is 0.360 e. The van der Waals surface area contributed by atoms with Crippen molar-refractivity contribution in [1.29, 1.82) is 0 Å². The van der Waals surface area contributed by atoms with Gasteiger partial charge in [0, 0.05) is 18.7 Å². The molecule has 1 aromatic carbocycles. The van der Waals surface area contributed by atoms with E-state index in [9.17, 15) is 22.8 Å². The van der Waals surface area contributed by atoms with Crippen molar-refractivity contribution in [2.24, 2.45) is 0 Å². The van der Waals surface area contributed by atoms with Gasteiger partial charge in [0.2, 0.25) is 11.8 Å². The van der Waals surface area contributed by atoms with Gasteiger partial charge in [0.25, 0.3) is 0 Å². The lowest BCUT2D eigenvalue weighted by molar-refractivity contribution is -0.137. The van der Waals surface area contributed by atoms with Crippen molar-refractivity contribution in [2.75, 3.05) is 16.8 Å². The molecule has 24 heavy (non-hydrogen) atoms. The number of hydrogen-bond acceptors (Lipinski definition) is 4. The standard InChI is InChI=1S/C15H14F3N3O3/c1-9-6-13(20-24-9)21(10(2)22)8-14(23)19-12-5-3-4-11(7-12)15(16,17)18/h3-7H,8H2,1-2H3,(H,19,23). The first-order valence-electron chi connectivity index (χ1n) is 6.85. The van der Waals surface area contributed by atoms with E-state index in [-0.39, 0.29) is 11.5 Å². The van der Waals surface area contributed by atoms with Gasteiger partial charge < -0.3 is 9.84 Å². The zero-order valence-electron chi connectivity index (χ0n) is 12.8. The SMILES string of the molecule is CC(=O)N(CC(=O)Nc1cccc(C(F)(F)F)c1)c1cc(C)on1. The number of alkyl halides is 3. The Hall–Kier alpha value is -2.84. The number of halogens is 3. The lowest BCUT2D eigenvalue weighted by Gasteiger charge is -2.17. The molecule has 2 amide bonds. The maximum absolute atomic E-state index is 12.7. The summed E-state index contributed by atoms with van der Waals surface area (Å²) >= 11 is 0. The van der Waals surface area contributed by atoms with E-state index in [0.29, 0.717) is 5.76 Å². The van der Waals surface area contributed by atoms with Crippen molar-refractivity contribution in [3.05, 3.63) is 41.7 Å². The molecule has 0 aliphatic carbocycles. The third-order valence-electron chi connectivity index (χ3n) is 3.05. The molecule has 0 radical (unpaired) electrons. The summed E-state index contributed by atoms with van der Waals surface area (Å²) < 4.78 is 42.8. The summed E-state index contributed by atoms with van der Waals surface area (Å²) in [7, 11) is 0. The normalized spacial score (nSPS) is 11.2. The Bertz CT molecular complexity index is 756. The largest absolute Gasteiger partial charge is 0.416 e. The molecular weight excluding hydrogens is 327 g/mol. The van der Waals surface area contributed by atoms with E-state index in [0.717, 1.165) is 17.0 Å². The maximum atomic E-state index is 12.7. The summed E-state index contributed by atoms with van der Waals surface area (Å²) in [6.45, 7) is 2.46. The van der Waals surface area contributed by atoms with Gasteiger partial charge in [-0.2, -0.15) is 13.2 Å². The van der Waals surface area contributed by atoms with E-state index in [1.165, 1.54) is 25.1 Å². The van der Waals surface area contributed by atoms with Gasteiger partial charge in [-0.05, 0) is 25.1 Å². The Kier molecular flexibility index (Phi) is 4.91. The Morgan fingerprint density at radius 3 is 2.54 bits per heavy atom. The zero-order valence-corrected chi connectivity index (χ0v) is 12.8. The molecule has 0 atom stereocenters. The molecule has 0 unspecified atom stereocenters. The van der Waals surface area contributed by atoms with E-state index in [4.69, 9.17) is 4.52 Å². The highest BCUT2D eigenvalue weighted by atomic mass is 19.4. The third-order valence-corrected chi connectivity index (χ3v) is 3.05. The summed E-state index contributed by atoms with van der Waals surface area (Å²) in [6, 6.07) is 5.69. The number of hydrogen-bond donors (Lipinski definition) is 1. The first-order valence-corrected chi connectivity index (χ1v) is 6.85. The number of nitrogens with one attached hydrogen (secondary N) is 1. The minimum absolute atomic E-state index is 0.0188. The van der Waals surface area contributed by atoms with Crippen molar-refractivity contribution in [3.63, 3.8) is 0 Å². The molecule has 0 aliphatic rings. The summed E-state index contributed by atoms with van der Waals surface area (Å²) in [5.41, 5.74) is -0.898. The fourth-order valence-corrected chi connectivity index (χ4v) is 1.95. The predicted octanol–water partition coefficient (Wildman–Crippen LogP) is 2.99. The van der Waals surface area contributed by atoms with E-state index < -0.39 is 30.1 Å². The van der Waals surface area contributed by atoms with Gasteiger partial charge >= 0.3 is 6.18 Å². The first-order chi connectivity index (χ1) is 11.2. The number of amides is 2. The van der Waals surface area contributed by atoms with Crippen LogP contribution >= 0.6 is 0 Å². The molecular formula is C15H14F3N3O3. The highest BCUT2D eigenvalue weighted by molar-refractivity contribution is 6.01. The molecule has 2 aromatic rings. The van der Waals surface area contributed by atoms with Crippen LogP contribution in [0.2, 0.25) is 0 Å². The summed E-state index contributed by atoms with van der Waals surface area (Å²) in [6.07, 6.45) is -4.51. The third kappa shape index (κ3) is 4.34. The number of benzene rings is 1. The average Bonchev–Trinajstić information content (AvgIpc) is 2.90. The fraction of sp³-hybridized carbons (Fsp3) is 0.267. The molecule has 0 spiro atoms. The average molecular weight is 341 g/mol. The number of aromatic nitrogens is 1. The van der Waals surface area contributed by atoms with Gasteiger partial charge in [-0.15, -0.1) is 0 Å². The zero-order chi connectivity index (χ0) is 17.9. The molecule has 1 aromatic heterocycles. The number of aryl methyl sites for hydroxylation is 1. The Labute approximate surface area is 135 Å². The van der Waals surface area contributed by atoms with Gasteiger partial charge in [-0.25, -0.2) is 0 Å². The minimum atomic E-state index is -4.51. The lowest BCUT2D eigenvalue weighted by Crippen LogP contribution is -2.36. The van der Waals surface area contributed by atoms with Crippen molar-refractivity contribution >= 4 is 23.3 Å².